The molecule has 1 amide bonds. The van der Waals surface area contributed by atoms with Gasteiger partial charge >= 0.3 is 0 Å². The predicted molar refractivity (Wildman–Crippen MR) is 73.6 cm³/mol. The number of fused-ring (bicyclic) bond motifs is 1. The monoisotopic (exact) mass is 257 g/mol. The molecule has 0 bridgehead atoms. The van der Waals surface area contributed by atoms with Gasteiger partial charge in [0.1, 0.15) is 0 Å². The van der Waals surface area contributed by atoms with Crippen molar-refractivity contribution >= 4 is 28.6 Å². The maximum absolute atomic E-state index is 11.6. The van der Waals surface area contributed by atoms with Crippen molar-refractivity contribution in [2.24, 2.45) is 0 Å². The molecule has 0 unspecified atom stereocenters. The van der Waals surface area contributed by atoms with E-state index in [-0.39, 0.29) is 12.5 Å². The molecule has 98 valence electrons. The number of carbonyl (C=O) groups excluding carboxylic acids is 1. The summed E-state index contributed by atoms with van der Waals surface area (Å²) in [6, 6.07) is 7.83. The molecule has 0 radical (unpaired) electrons. The Hall–Kier alpha value is -2.37. The van der Waals surface area contributed by atoms with Crippen molar-refractivity contribution in [3.05, 3.63) is 24.3 Å². The van der Waals surface area contributed by atoms with Crippen molar-refractivity contribution in [3.8, 4) is 0 Å². The lowest BCUT2D eigenvalue weighted by Gasteiger charge is -2.09. The van der Waals surface area contributed by atoms with Gasteiger partial charge in [0.15, 0.2) is 11.6 Å². The van der Waals surface area contributed by atoms with Crippen LogP contribution in [0, 0.1) is 0 Å². The summed E-state index contributed by atoms with van der Waals surface area (Å²) in [5.74, 6) is 0.708. The Balaban J connectivity index is 1.72. The van der Waals surface area contributed by atoms with E-state index in [9.17, 15) is 4.79 Å². The lowest BCUT2D eigenvalue weighted by molar-refractivity contribution is -0.119. The largest absolute Gasteiger partial charge is 0.381 e. The summed E-state index contributed by atoms with van der Waals surface area (Å²) < 4.78 is 0. The molecule has 1 saturated carbocycles. The van der Waals surface area contributed by atoms with Crippen LogP contribution in [0.3, 0.4) is 0 Å². The van der Waals surface area contributed by atoms with E-state index >= 15 is 0 Å². The summed E-state index contributed by atoms with van der Waals surface area (Å²) in [7, 11) is 0. The summed E-state index contributed by atoms with van der Waals surface area (Å²) in [6.07, 6.45) is 2.15. The number of nitrogen functional groups attached to an aromatic ring is 1. The van der Waals surface area contributed by atoms with Crippen LogP contribution in [-0.2, 0) is 4.79 Å². The molecule has 0 spiro atoms. The number of nitrogens with zero attached hydrogens (tertiary/aromatic N) is 2. The fraction of sp³-hybridized carbons (Fsp3) is 0.308. The number of anilines is 2. The molecule has 2 aromatic rings. The predicted octanol–water partition coefficient (Wildman–Crippen LogP) is 0.902. The fourth-order valence-corrected chi connectivity index (χ4v) is 1.81. The third-order valence-corrected chi connectivity index (χ3v) is 2.96. The molecule has 1 aromatic heterocycles. The molecular weight excluding hydrogens is 242 g/mol. The van der Waals surface area contributed by atoms with Crippen LogP contribution in [-0.4, -0.2) is 28.5 Å². The highest BCUT2D eigenvalue weighted by Gasteiger charge is 2.23. The van der Waals surface area contributed by atoms with Gasteiger partial charge in [-0.2, -0.15) is 0 Å². The van der Waals surface area contributed by atoms with Crippen LogP contribution in [0.1, 0.15) is 12.8 Å². The van der Waals surface area contributed by atoms with Crippen LogP contribution >= 0.6 is 0 Å². The van der Waals surface area contributed by atoms with Crippen LogP contribution in [0.2, 0.25) is 0 Å². The van der Waals surface area contributed by atoms with Crippen molar-refractivity contribution in [1.82, 2.24) is 15.3 Å². The highest BCUT2D eigenvalue weighted by molar-refractivity contribution is 5.83. The molecule has 19 heavy (non-hydrogen) atoms. The second-order valence-corrected chi connectivity index (χ2v) is 4.64. The third kappa shape index (κ3) is 2.73. The second kappa shape index (κ2) is 4.72. The topological polar surface area (TPSA) is 92.9 Å². The Morgan fingerprint density at radius 1 is 1.26 bits per heavy atom. The summed E-state index contributed by atoms with van der Waals surface area (Å²) in [6.45, 7) is 0.160. The van der Waals surface area contributed by atoms with Crippen molar-refractivity contribution < 1.29 is 4.79 Å². The van der Waals surface area contributed by atoms with Crippen LogP contribution in [0.5, 0.6) is 0 Å². The van der Waals surface area contributed by atoms with Gasteiger partial charge in [-0.3, -0.25) is 4.79 Å². The molecule has 1 aromatic carbocycles. The van der Waals surface area contributed by atoms with Crippen LogP contribution in [0.4, 0.5) is 11.6 Å². The first kappa shape index (κ1) is 11.7. The van der Waals surface area contributed by atoms with Crippen LogP contribution in [0.25, 0.3) is 11.0 Å². The van der Waals surface area contributed by atoms with Gasteiger partial charge in [-0.15, -0.1) is 0 Å². The Morgan fingerprint density at radius 2 is 1.95 bits per heavy atom. The molecule has 1 aliphatic rings. The van der Waals surface area contributed by atoms with Gasteiger partial charge in [0.25, 0.3) is 0 Å². The maximum Gasteiger partial charge on any atom is 0.239 e. The van der Waals surface area contributed by atoms with Crippen LogP contribution < -0.4 is 16.4 Å². The van der Waals surface area contributed by atoms with E-state index in [1.807, 2.05) is 24.3 Å². The van der Waals surface area contributed by atoms with Crippen molar-refractivity contribution in [2.75, 3.05) is 17.6 Å². The van der Waals surface area contributed by atoms with Gasteiger partial charge < -0.3 is 16.4 Å². The zero-order chi connectivity index (χ0) is 13.2. The summed E-state index contributed by atoms with van der Waals surface area (Å²) in [4.78, 5) is 20.2. The first-order valence-corrected chi connectivity index (χ1v) is 6.28. The van der Waals surface area contributed by atoms with Gasteiger partial charge in [0, 0.05) is 6.04 Å². The average molecular weight is 257 g/mol. The van der Waals surface area contributed by atoms with E-state index in [0.29, 0.717) is 17.7 Å². The molecular formula is C13H15N5O. The van der Waals surface area contributed by atoms with Crippen molar-refractivity contribution in [1.29, 1.82) is 0 Å². The minimum absolute atomic E-state index is 0.0446. The first-order chi connectivity index (χ1) is 9.22. The van der Waals surface area contributed by atoms with Gasteiger partial charge in [0.2, 0.25) is 5.91 Å². The number of carbonyl (C=O) groups is 1. The number of hydrogen-bond acceptors (Lipinski definition) is 5. The zero-order valence-corrected chi connectivity index (χ0v) is 10.4. The number of rotatable bonds is 4. The summed E-state index contributed by atoms with van der Waals surface area (Å²) in [5.41, 5.74) is 7.31. The minimum atomic E-state index is -0.0446. The second-order valence-electron chi connectivity index (χ2n) is 4.64. The molecule has 6 heteroatoms. The number of para-hydroxylation sites is 2. The van der Waals surface area contributed by atoms with E-state index in [1.54, 1.807) is 0 Å². The number of nitrogens with one attached hydrogen (secondary N) is 2. The minimum Gasteiger partial charge on any atom is -0.381 e. The van der Waals surface area contributed by atoms with Gasteiger partial charge in [-0.05, 0) is 25.0 Å². The molecule has 1 aliphatic carbocycles. The van der Waals surface area contributed by atoms with Crippen molar-refractivity contribution in [3.63, 3.8) is 0 Å². The maximum atomic E-state index is 11.6. The van der Waals surface area contributed by atoms with E-state index < -0.39 is 0 Å². The number of nitrogens with two attached hydrogens (primary N) is 1. The Labute approximate surface area is 110 Å². The fourth-order valence-electron chi connectivity index (χ4n) is 1.81. The molecule has 1 heterocycles. The van der Waals surface area contributed by atoms with E-state index in [1.165, 1.54) is 0 Å². The number of hydrogen-bond donors (Lipinski definition) is 3. The Bertz CT molecular complexity index is 623. The Morgan fingerprint density at radius 3 is 2.63 bits per heavy atom. The molecule has 0 atom stereocenters. The van der Waals surface area contributed by atoms with Gasteiger partial charge in [0.05, 0.1) is 17.6 Å². The van der Waals surface area contributed by atoms with Crippen molar-refractivity contribution in [2.45, 2.75) is 18.9 Å². The molecule has 0 saturated heterocycles. The standard InChI is InChI=1S/C13H15N5O/c14-12-13(15-7-11(19)16-8-5-6-8)18-10-4-2-1-3-9(10)17-12/h1-4,8H,5-7H2,(H2,14,17)(H,15,18)(H,16,19). The van der Waals surface area contributed by atoms with Gasteiger partial charge in [-0.25, -0.2) is 9.97 Å². The third-order valence-electron chi connectivity index (χ3n) is 2.96. The van der Waals surface area contributed by atoms with E-state index in [2.05, 4.69) is 20.6 Å². The normalized spacial score (nSPS) is 14.3. The number of aromatic nitrogens is 2. The Kier molecular flexibility index (Phi) is 2.91. The number of benzene rings is 1. The number of amides is 1. The lowest BCUT2D eigenvalue weighted by Crippen LogP contribution is -2.31. The smallest absolute Gasteiger partial charge is 0.239 e. The van der Waals surface area contributed by atoms with E-state index in [4.69, 9.17) is 5.73 Å². The highest BCUT2D eigenvalue weighted by Crippen LogP contribution is 2.19. The quantitative estimate of drug-likeness (QED) is 0.756. The summed E-state index contributed by atoms with van der Waals surface area (Å²) >= 11 is 0. The molecule has 4 N–H and O–H groups in total. The molecule has 3 rings (SSSR count). The lowest BCUT2D eigenvalue weighted by atomic mass is 10.3. The molecule has 0 aliphatic heterocycles. The first-order valence-electron chi connectivity index (χ1n) is 6.28. The SMILES string of the molecule is Nc1nc2ccccc2nc1NCC(=O)NC1CC1. The molecule has 6 nitrogen and oxygen atoms in total. The zero-order valence-electron chi connectivity index (χ0n) is 10.4. The van der Waals surface area contributed by atoms with Crippen LogP contribution in [0.15, 0.2) is 24.3 Å². The molecule has 1 fully saturated rings. The van der Waals surface area contributed by atoms with Gasteiger partial charge in [-0.1, -0.05) is 12.1 Å². The van der Waals surface area contributed by atoms with E-state index in [0.717, 1.165) is 23.9 Å². The summed E-state index contributed by atoms with van der Waals surface area (Å²) in [5, 5.41) is 5.82. The highest BCUT2D eigenvalue weighted by atomic mass is 16.2. The average Bonchev–Trinajstić information content (AvgIpc) is 3.20.